The van der Waals surface area contributed by atoms with Gasteiger partial charge in [-0.25, -0.2) is 0 Å². The topological polar surface area (TPSA) is 42.6 Å². The van der Waals surface area contributed by atoms with Crippen LogP contribution in [0.4, 0.5) is 34.1 Å². The summed E-state index contributed by atoms with van der Waals surface area (Å²) < 4.78 is 17.6. The molecule has 4 aromatic heterocycles. The number of rotatable bonds is 10. The van der Waals surface area contributed by atoms with Gasteiger partial charge in [0.1, 0.15) is 22.7 Å². The van der Waals surface area contributed by atoms with Crippen molar-refractivity contribution in [1.29, 1.82) is 0 Å². The van der Waals surface area contributed by atoms with E-state index in [4.69, 9.17) is 8.83 Å². The van der Waals surface area contributed by atoms with E-state index in [1.807, 2.05) is 24.3 Å². The summed E-state index contributed by atoms with van der Waals surface area (Å²) in [5.41, 5.74) is 17.3. The molecule has 430 valence electrons. The zero-order chi connectivity index (χ0) is 60.4. The smallest absolute Gasteiger partial charge is 0.135 e. The van der Waals surface area contributed by atoms with Gasteiger partial charge >= 0.3 is 0 Å². The lowest BCUT2D eigenvalue weighted by Gasteiger charge is -2.26. The van der Waals surface area contributed by atoms with E-state index in [-0.39, 0.29) is 0 Å². The van der Waals surface area contributed by atoms with E-state index >= 15 is 0 Å². The number of furan rings is 2. The maximum Gasteiger partial charge on any atom is 0.135 e. The highest BCUT2D eigenvalue weighted by Gasteiger charge is 2.24. The molecule has 0 N–H and O–H groups in total. The average Bonchev–Trinajstić information content (AvgIpc) is 1.54. The van der Waals surface area contributed by atoms with Crippen molar-refractivity contribution in [3.8, 4) is 34.0 Å². The monoisotopic (exact) mass is 1170 g/mol. The fraction of sp³-hybridized carbons (Fsp3) is 0. The minimum absolute atomic E-state index is 0.869. The van der Waals surface area contributed by atoms with E-state index in [0.29, 0.717) is 0 Å². The zero-order valence-electron chi connectivity index (χ0n) is 49.8. The standard InChI is InChI=1S/C86H54N4O2/c1-5-19-65(20-6-1)87(69-37-33-55-45-63(31-29-57(55)47-69)83-51-61-17-13-15-27-81(61)91-83)71-39-43-73-59(49-71)35-41-75-77-53-80-78(54-79(77)89(85(73)75)67-23-9-3-10-24-67)76-42-36-60-50-72(40-44-74(60)86(76)90(80)68-25-11-4-12-26-68)88(66-21-7-2-8-22-66)70-38-34-56-46-64(32-30-58(56)48-70)84-52-62-18-14-16-28-82(62)92-84/h1-54H. The Kier molecular flexibility index (Phi) is 11.6. The Labute approximate surface area is 529 Å². The van der Waals surface area contributed by atoms with Crippen molar-refractivity contribution in [2.24, 2.45) is 0 Å². The van der Waals surface area contributed by atoms with Crippen molar-refractivity contribution in [1.82, 2.24) is 9.13 Å². The normalized spacial score (nSPS) is 11.9. The average molecular weight is 1180 g/mol. The molecule has 0 amide bonds. The Morgan fingerprint density at radius 1 is 0.217 bits per heavy atom. The first-order valence-corrected chi connectivity index (χ1v) is 31.4. The van der Waals surface area contributed by atoms with Crippen LogP contribution in [0.3, 0.4) is 0 Å². The van der Waals surface area contributed by atoms with Gasteiger partial charge in [-0.1, -0.05) is 182 Å². The fourth-order valence-corrected chi connectivity index (χ4v) is 14.5. The van der Waals surface area contributed by atoms with Gasteiger partial charge in [-0.05, 0) is 178 Å². The van der Waals surface area contributed by atoms with Gasteiger partial charge in [-0.2, -0.15) is 0 Å². The molecule has 0 saturated carbocycles. The van der Waals surface area contributed by atoms with Gasteiger partial charge in [0.25, 0.3) is 0 Å². The molecule has 0 bridgehead atoms. The summed E-state index contributed by atoms with van der Waals surface area (Å²) in [6, 6.07) is 119. The maximum absolute atomic E-state index is 6.29. The van der Waals surface area contributed by atoms with Gasteiger partial charge in [0, 0.05) is 99.7 Å². The summed E-state index contributed by atoms with van der Waals surface area (Å²) in [5, 5.41) is 16.3. The predicted molar refractivity (Wildman–Crippen MR) is 385 cm³/mol. The third-order valence-corrected chi connectivity index (χ3v) is 18.7. The largest absolute Gasteiger partial charge is 0.456 e. The summed E-state index contributed by atoms with van der Waals surface area (Å²) >= 11 is 0. The molecule has 0 aliphatic heterocycles. The number of hydrogen-bond donors (Lipinski definition) is 0. The van der Waals surface area contributed by atoms with E-state index in [2.05, 4.69) is 322 Å². The van der Waals surface area contributed by atoms with E-state index in [9.17, 15) is 0 Å². The highest BCUT2D eigenvalue weighted by molar-refractivity contribution is 6.26. The highest BCUT2D eigenvalue weighted by atomic mass is 16.3. The van der Waals surface area contributed by atoms with E-state index in [0.717, 1.165) is 133 Å². The fourth-order valence-electron chi connectivity index (χ4n) is 14.5. The molecule has 6 heteroatoms. The van der Waals surface area contributed by atoms with Crippen molar-refractivity contribution >= 4 is 143 Å². The quantitative estimate of drug-likeness (QED) is 0.137. The lowest BCUT2D eigenvalue weighted by atomic mass is 10.0. The van der Waals surface area contributed by atoms with Gasteiger partial charge in [-0.15, -0.1) is 0 Å². The van der Waals surface area contributed by atoms with Crippen LogP contribution in [0.25, 0.3) is 143 Å². The lowest BCUT2D eigenvalue weighted by molar-refractivity contribution is 0.631. The van der Waals surface area contributed by atoms with Crippen LogP contribution in [-0.2, 0) is 0 Å². The first-order chi connectivity index (χ1) is 45.6. The molecule has 15 aromatic carbocycles. The van der Waals surface area contributed by atoms with Crippen molar-refractivity contribution in [3.63, 3.8) is 0 Å². The molecular weight excluding hydrogens is 1120 g/mol. The second kappa shape index (κ2) is 20.6. The van der Waals surface area contributed by atoms with E-state index in [1.54, 1.807) is 0 Å². The number of nitrogens with zero attached hydrogens (tertiary/aromatic N) is 4. The van der Waals surface area contributed by atoms with Crippen LogP contribution in [0.2, 0.25) is 0 Å². The molecule has 0 fully saturated rings. The lowest BCUT2D eigenvalue weighted by Crippen LogP contribution is -2.09. The first kappa shape index (κ1) is 51.6. The molecule has 4 heterocycles. The molecular formula is C86H54N4O2. The van der Waals surface area contributed by atoms with E-state index < -0.39 is 0 Å². The minimum atomic E-state index is 0.869. The number of benzene rings is 15. The minimum Gasteiger partial charge on any atom is -0.456 e. The molecule has 19 aromatic rings. The van der Waals surface area contributed by atoms with Gasteiger partial charge < -0.3 is 27.8 Å². The van der Waals surface area contributed by atoms with Crippen LogP contribution < -0.4 is 9.80 Å². The molecule has 0 radical (unpaired) electrons. The summed E-state index contributed by atoms with van der Waals surface area (Å²) in [6.45, 7) is 0. The predicted octanol–water partition coefficient (Wildman–Crippen LogP) is 24.3. The van der Waals surface area contributed by atoms with Crippen molar-refractivity contribution in [2.45, 2.75) is 0 Å². The molecule has 0 aliphatic rings. The summed E-state index contributed by atoms with van der Waals surface area (Å²) in [4.78, 5) is 4.75. The van der Waals surface area contributed by atoms with Crippen LogP contribution >= 0.6 is 0 Å². The van der Waals surface area contributed by atoms with Crippen LogP contribution in [0.1, 0.15) is 0 Å². The third-order valence-electron chi connectivity index (χ3n) is 18.7. The molecule has 19 rings (SSSR count). The summed E-state index contributed by atoms with van der Waals surface area (Å²) in [5.74, 6) is 1.74. The second-order valence-electron chi connectivity index (χ2n) is 24.1. The number of para-hydroxylation sites is 6. The number of fused-ring (bicyclic) bond motifs is 14. The van der Waals surface area contributed by atoms with Crippen LogP contribution in [0.15, 0.2) is 336 Å². The van der Waals surface area contributed by atoms with Crippen LogP contribution in [0.5, 0.6) is 0 Å². The number of aromatic nitrogens is 2. The van der Waals surface area contributed by atoms with Crippen molar-refractivity contribution < 1.29 is 8.83 Å². The highest BCUT2D eigenvalue weighted by Crippen LogP contribution is 2.47. The molecule has 6 nitrogen and oxygen atoms in total. The van der Waals surface area contributed by atoms with Gasteiger partial charge in [0.05, 0.1) is 22.1 Å². The van der Waals surface area contributed by atoms with Gasteiger partial charge in [0.15, 0.2) is 0 Å². The first-order valence-electron chi connectivity index (χ1n) is 31.4. The zero-order valence-corrected chi connectivity index (χ0v) is 49.8. The number of hydrogen-bond acceptors (Lipinski definition) is 4. The Hall–Kier alpha value is -12.4. The van der Waals surface area contributed by atoms with Crippen molar-refractivity contribution in [3.05, 3.63) is 328 Å². The molecule has 0 saturated heterocycles. The molecule has 0 aliphatic carbocycles. The Balaban J connectivity index is 0.746. The van der Waals surface area contributed by atoms with Gasteiger partial charge in [0.2, 0.25) is 0 Å². The summed E-state index contributed by atoms with van der Waals surface area (Å²) in [6.07, 6.45) is 0. The SMILES string of the molecule is c1ccc(N(c2ccc3cc(-c4cc5ccccc5o4)ccc3c2)c2ccc3c(ccc4c5cc6c(cc5n(-c5ccccc5)c34)c3ccc4cc(N(c5ccccc5)c5ccc7cc(-c8cc9ccccc9o8)ccc7c5)ccc4c3n6-c3ccccc3)c2)cc1. The van der Waals surface area contributed by atoms with Crippen LogP contribution in [0, 0.1) is 0 Å². The number of anilines is 6. The Morgan fingerprint density at radius 2 is 0.554 bits per heavy atom. The van der Waals surface area contributed by atoms with Crippen LogP contribution in [-0.4, -0.2) is 9.13 Å². The summed E-state index contributed by atoms with van der Waals surface area (Å²) in [7, 11) is 0. The van der Waals surface area contributed by atoms with E-state index in [1.165, 1.54) is 43.4 Å². The molecule has 0 unspecified atom stereocenters. The molecule has 0 atom stereocenters. The third kappa shape index (κ3) is 8.35. The Bertz CT molecular complexity index is 5700. The molecule has 0 spiro atoms. The molecule has 92 heavy (non-hydrogen) atoms. The van der Waals surface area contributed by atoms with Gasteiger partial charge in [-0.3, -0.25) is 0 Å². The maximum atomic E-state index is 6.29. The van der Waals surface area contributed by atoms with Crippen molar-refractivity contribution in [2.75, 3.05) is 9.80 Å². The Morgan fingerprint density at radius 3 is 0.978 bits per heavy atom. The second-order valence-corrected chi connectivity index (χ2v) is 24.1.